The van der Waals surface area contributed by atoms with Crippen molar-refractivity contribution >= 4 is 57.1 Å². The Labute approximate surface area is 123 Å². The Balaban J connectivity index is 4.02. The van der Waals surface area contributed by atoms with Crippen LogP contribution in [0, 0.1) is 5.41 Å². The van der Waals surface area contributed by atoms with E-state index in [0.717, 1.165) is 17.3 Å². The number of ether oxygens (including phenoxy) is 1. The molecule has 4 nitrogen and oxygen atoms in total. The Bertz CT molecular complexity index is 253. The van der Waals surface area contributed by atoms with Crippen molar-refractivity contribution in [1.82, 2.24) is 0 Å². The maximum atomic E-state index is 11.5. The summed E-state index contributed by atoms with van der Waals surface area (Å²) < 4.78 is 6.32. The topological polar surface area (TPSA) is 63.6 Å². The fourth-order valence-electron chi connectivity index (χ4n) is 0.816. The second-order valence-corrected chi connectivity index (χ2v) is 6.80. The number of hydrogen-bond donors (Lipinski definition) is 1. The normalized spacial score (nSPS) is 13.2. The quantitative estimate of drug-likeness (QED) is 0.278. The molecule has 0 aliphatic carbocycles. The van der Waals surface area contributed by atoms with Gasteiger partial charge in [0.25, 0.3) is 0 Å². The first-order valence-corrected chi connectivity index (χ1v) is 7.70. The maximum Gasteiger partial charge on any atom is 0.322 e. The lowest BCUT2D eigenvalue weighted by Gasteiger charge is -2.18. The third-order valence-electron chi connectivity index (χ3n) is 2.09. The Morgan fingerprint density at radius 1 is 1.44 bits per heavy atom. The van der Waals surface area contributed by atoms with Crippen molar-refractivity contribution in [2.45, 2.75) is 30.6 Å². The number of carbonyl (C=O) groups is 2. The van der Waals surface area contributed by atoms with Gasteiger partial charge in [-0.15, -0.1) is 0 Å². The molecule has 0 rings (SSSR count). The Hall–Kier alpha value is 0.400. The summed E-state index contributed by atoms with van der Waals surface area (Å²) in [7, 11) is 0. The minimum atomic E-state index is -1.46. The van der Waals surface area contributed by atoms with Gasteiger partial charge in [-0.2, -0.15) is 0 Å². The van der Waals surface area contributed by atoms with Crippen LogP contribution >= 0.6 is 45.2 Å². The van der Waals surface area contributed by atoms with Crippen molar-refractivity contribution in [1.29, 1.82) is 0 Å². The maximum absolute atomic E-state index is 11.5. The van der Waals surface area contributed by atoms with E-state index < -0.39 is 17.4 Å². The molecule has 6 heteroatoms. The predicted molar refractivity (Wildman–Crippen MR) is 78.3 cm³/mol. The molecule has 0 heterocycles. The van der Waals surface area contributed by atoms with E-state index in [0.29, 0.717) is 0 Å². The monoisotopic (exact) mass is 454 g/mol. The van der Waals surface area contributed by atoms with Gasteiger partial charge in [0.2, 0.25) is 0 Å². The summed E-state index contributed by atoms with van der Waals surface area (Å²) in [6.45, 7) is 2.99. The van der Waals surface area contributed by atoms with E-state index >= 15 is 0 Å². The summed E-state index contributed by atoms with van der Waals surface area (Å²) in [5, 5.41) is 8.81. The smallest absolute Gasteiger partial charge is 0.322 e. The van der Waals surface area contributed by atoms with Crippen molar-refractivity contribution in [3.8, 4) is 0 Å². The zero-order chi connectivity index (χ0) is 12.8. The fourth-order valence-corrected chi connectivity index (χ4v) is 1.88. The molecular formula is C10H16I2O4. The van der Waals surface area contributed by atoms with Crippen molar-refractivity contribution in [3.05, 3.63) is 0 Å². The minimum Gasteiger partial charge on any atom is -0.480 e. The third-order valence-corrected chi connectivity index (χ3v) is 3.84. The van der Waals surface area contributed by atoms with E-state index in [-0.39, 0.29) is 10.5 Å². The summed E-state index contributed by atoms with van der Waals surface area (Å²) in [6.07, 6.45) is 2.05. The van der Waals surface area contributed by atoms with Crippen molar-refractivity contribution < 1.29 is 19.4 Å². The average molecular weight is 454 g/mol. The standard InChI is InChI=1S/C10H16I2O4/c1-10(2,8(13)14)9(15)16-6-7(12)4-3-5-11/h7H,3-6H2,1-2H3,(H,13,14). The van der Waals surface area contributed by atoms with Crippen LogP contribution in [0.3, 0.4) is 0 Å². The highest BCUT2D eigenvalue weighted by Gasteiger charge is 2.37. The first-order chi connectivity index (χ1) is 7.32. The fraction of sp³-hybridized carbons (Fsp3) is 0.800. The molecule has 16 heavy (non-hydrogen) atoms. The van der Waals surface area contributed by atoms with Crippen LogP contribution in [0.1, 0.15) is 26.7 Å². The van der Waals surface area contributed by atoms with Crippen molar-refractivity contribution in [2.75, 3.05) is 11.0 Å². The van der Waals surface area contributed by atoms with E-state index in [1.54, 1.807) is 0 Å². The third kappa shape index (κ3) is 5.65. The van der Waals surface area contributed by atoms with Crippen LogP contribution in [0.5, 0.6) is 0 Å². The van der Waals surface area contributed by atoms with Gasteiger partial charge in [0.15, 0.2) is 5.41 Å². The van der Waals surface area contributed by atoms with Crippen molar-refractivity contribution in [3.63, 3.8) is 0 Å². The summed E-state index contributed by atoms with van der Waals surface area (Å²) in [5.41, 5.74) is -1.46. The lowest BCUT2D eigenvalue weighted by Crippen LogP contribution is -2.35. The number of halogens is 2. The number of esters is 1. The lowest BCUT2D eigenvalue weighted by molar-refractivity contribution is -0.166. The number of carboxylic acids is 1. The molecule has 1 atom stereocenters. The van der Waals surface area contributed by atoms with E-state index in [4.69, 9.17) is 9.84 Å². The molecule has 1 N–H and O–H groups in total. The highest BCUT2D eigenvalue weighted by Crippen LogP contribution is 2.19. The van der Waals surface area contributed by atoms with Crippen molar-refractivity contribution in [2.24, 2.45) is 5.41 Å². The number of hydrogen-bond acceptors (Lipinski definition) is 3. The molecule has 0 aliphatic rings. The zero-order valence-electron chi connectivity index (χ0n) is 9.33. The van der Waals surface area contributed by atoms with Gasteiger partial charge in [0, 0.05) is 3.92 Å². The zero-order valence-corrected chi connectivity index (χ0v) is 13.6. The summed E-state index contributed by atoms with van der Waals surface area (Å²) in [4.78, 5) is 22.3. The minimum absolute atomic E-state index is 0.251. The first-order valence-electron chi connectivity index (χ1n) is 4.93. The van der Waals surface area contributed by atoms with Gasteiger partial charge < -0.3 is 9.84 Å². The summed E-state index contributed by atoms with van der Waals surface area (Å²) >= 11 is 4.51. The van der Waals surface area contributed by atoms with E-state index in [1.165, 1.54) is 13.8 Å². The van der Waals surface area contributed by atoms with Gasteiger partial charge >= 0.3 is 11.9 Å². The van der Waals surface area contributed by atoms with Gasteiger partial charge in [-0.3, -0.25) is 9.59 Å². The van der Waals surface area contributed by atoms with E-state index in [1.807, 2.05) is 0 Å². The molecule has 94 valence electrons. The molecule has 0 amide bonds. The molecule has 0 fully saturated rings. The van der Waals surface area contributed by atoms with Crippen LogP contribution in [-0.2, 0) is 14.3 Å². The highest BCUT2D eigenvalue weighted by atomic mass is 127. The Kier molecular flexibility index (Phi) is 7.87. The molecule has 0 saturated carbocycles. The molecule has 0 bridgehead atoms. The first kappa shape index (κ1) is 16.4. The van der Waals surface area contributed by atoms with Gasteiger partial charge in [0.1, 0.15) is 6.61 Å². The number of carbonyl (C=O) groups excluding carboxylic acids is 1. The second-order valence-electron chi connectivity index (χ2n) is 3.96. The van der Waals surface area contributed by atoms with E-state index in [9.17, 15) is 9.59 Å². The van der Waals surface area contributed by atoms with Gasteiger partial charge in [-0.25, -0.2) is 0 Å². The van der Waals surface area contributed by atoms with Crippen LogP contribution in [0.15, 0.2) is 0 Å². The average Bonchev–Trinajstić information content (AvgIpc) is 2.22. The number of aliphatic carboxylic acids is 1. The van der Waals surface area contributed by atoms with Gasteiger partial charge in [0.05, 0.1) is 0 Å². The van der Waals surface area contributed by atoms with Crippen LogP contribution in [0.25, 0.3) is 0 Å². The number of rotatable bonds is 7. The number of carboxylic acid groups (broad SMARTS) is 1. The van der Waals surface area contributed by atoms with Crippen LogP contribution in [0.2, 0.25) is 0 Å². The largest absolute Gasteiger partial charge is 0.480 e. The molecule has 0 aromatic carbocycles. The summed E-state index contributed by atoms with van der Waals surface area (Å²) in [5.74, 6) is -1.83. The van der Waals surface area contributed by atoms with Gasteiger partial charge in [-0.1, -0.05) is 45.2 Å². The molecule has 0 spiro atoms. The molecule has 0 aliphatic heterocycles. The second kappa shape index (κ2) is 7.67. The SMILES string of the molecule is CC(C)(C(=O)O)C(=O)OCC(I)CCCI. The van der Waals surface area contributed by atoms with E-state index in [2.05, 4.69) is 45.2 Å². The number of alkyl halides is 2. The Morgan fingerprint density at radius 2 is 2.00 bits per heavy atom. The molecule has 0 aromatic rings. The molecule has 0 saturated heterocycles. The molecular weight excluding hydrogens is 438 g/mol. The summed E-state index contributed by atoms with van der Waals surface area (Å²) in [6, 6.07) is 0. The molecule has 0 aromatic heterocycles. The van der Waals surface area contributed by atoms with Gasteiger partial charge in [-0.05, 0) is 31.1 Å². The molecule has 0 radical (unpaired) electrons. The van der Waals surface area contributed by atoms with Crippen LogP contribution < -0.4 is 0 Å². The van der Waals surface area contributed by atoms with Crippen LogP contribution in [-0.4, -0.2) is 32.0 Å². The molecule has 1 unspecified atom stereocenters. The Morgan fingerprint density at radius 3 is 2.44 bits per heavy atom. The highest BCUT2D eigenvalue weighted by molar-refractivity contribution is 14.1. The van der Waals surface area contributed by atoms with Crippen LogP contribution in [0.4, 0.5) is 0 Å². The predicted octanol–water partition coefficient (Wildman–Crippen LogP) is 2.66. The lowest BCUT2D eigenvalue weighted by atomic mass is 9.94.